The van der Waals surface area contributed by atoms with Gasteiger partial charge >= 0.3 is 0 Å². The van der Waals surface area contributed by atoms with E-state index in [2.05, 4.69) is 31.8 Å². The van der Waals surface area contributed by atoms with Gasteiger partial charge < -0.3 is 9.45 Å². The molecule has 0 fully saturated rings. The molecule has 146 valence electrons. The van der Waals surface area contributed by atoms with Crippen LogP contribution in [0.5, 0.6) is 0 Å². The number of benzene rings is 1. The summed E-state index contributed by atoms with van der Waals surface area (Å²) in [6.45, 7) is 12.2. The molecule has 1 aromatic rings. The second-order valence-corrected chi connectivity index (χ2v) is 12.6. The Balaban J connectivity index is 3.59. The van der Waals surface area contributed by atoms with Gasteiger partial charge in [-0.05, 0) is 44.3 Å². The van der Waals surface area contributed by atoms with E-state index in [9.17, 15) is 9.81 Å². The Morgan fingerprint density at radius 2 is 1.81 bits per heavy atom. The summed E-state index contributed by atoms with van der Waals surface area (Å²) in [5.41, 5.74) is 0.710. The van der Waals surface area contributed by atoms with Crippen molar-refractivity contribution >= 4 is 45.6 Å². The number of anilines is 1. The lowest BCUT2D eigenvalue weighted by Gasteiger charge is -2.28. The Labute approximate surface area is 174 Å². The van der Waals surface area contributed by atoms with Crippen molar-refractivity contribution in [2.45, 2.75) is 60.8 Å². The van der Waals surface area contributed by atoms with Crippen molar-refractivity contribution < 1.29 is 4.55 Å². The maximum Gasteiger partial charge on any atom is 0.208 e. The first-order valence-electron chi connectivity index (χ1n) is 8.34. The third-order valence-electron chi connectivity index (χ3n) is 3.16. The maximum atomic E-state index is 13.0. The molecule has 0 heterocycles. The molecule has 0 bridgehead atoms. The van der Waals surface area contributed by atoms with Crippen LogP contribution in [0.25, 0.3) is 0 Å². The van der Waals surface area contributed by atoms with Gasteiger partial charge in [0.2, 0.25) is 6.19 Å². The van der Waals surface area contributed by atoms with Gasteiger partial charge in [0.05, 0.1) is 11.8 Å². The zero-order chi connectivity index (χ0) is 20.8. The van der Waals surface area contributed by atoms with Crippen molar-refractivity contribution in [3.8, 4) is 12.3 Å². The summed E-state index contributed by atoms with van der Waals surface area (Å²) >= 11 is 1.74. The molecule has 5 nitrogen and oxygen atoms in total. The van der Waals surface area contributed by atoms with Gasteiger partial charge in [0, 0.05) is 21.8 Å². The van der Waals surface area contributed by atoms with Crippen LogP contribution >= 0.6 is 23.5 Å². The maximum absolute atomic E-state index is 13.0. The summed E-state index contributed by atoms with van der Waals surface area (Å²) in [7, 11) is 0. The quantitative estimate of drug-likeness (QED) is 0.169. The predicted molar refractivity (Wildman–Crippen MR) is 118 cm³/mol. The van der Waals surface area contributed by atoms with Crippen LogP contribution in [0.3, 0.4) is 0 Å². The van der Waals surface area contributed by atoms with E-state index in [1.807, 2.05) is 45.2 Å². The zero-order valence-electron chi connectivity index (χ0n) is 16.9. The van der Waals surface area contributed by atoms with Crippen LogP contribution in [0.4, 0.5) is 5.69 Å². The first-order valence-corrected chi connectivity index (χ1v) is 11.5. The fourth-order valence-electron chi connectivity index (χ4n) is 2.18. The molecule has 1 aromatic carbocycles. The lowest BCUT2D eigenvalue weighted by Crippen LogP contribution is -2.31. The van der Waals surface area contributed by atoms with E-state index in [0.29, 0.717) is 15.8 Å². The fourth-order valence-corrected chi connectivity index (χ4v) is 5.02. The lowest BCUT2D eigenvalue weighted by molar-refractivity contribution is 0.559. The average Bonchev–Trinajstić information content (AvgIpc) is 2.54. The van der Waals surface area contributed by atoms with E-state index in [1.54, 1.807) is 22.9 Å². The number of aliphatic imine (C=N–C) groups is 1. The van der Waals surface area contributed by atoms with E-state index in [0.717, 1.165) is 4.90 Å². The molecule has 27 heavy (non-hydrogen) atoms. The molecule has 0 N–H and O–H groups in total. The van der Waals surface area contributed by atoms with E-state index in [4.69, 9.17) is 5.26 Å². The molecule has 0 aliphatic carbocycles. The molecule has 0 amide bonds. The number of hydrogen-bond acceptors (Lipinski definition) is 6. The van der Waals surface area contributed by atoms with Gasteiger partial charge in [0.25, 0.3) is 0 Å². The number of nitrogens with zero attached hydrogens (tertiary/aromatic N) is 4. The number of amidine groups is 1. The number of hydrogen-bond donors (Lipinski definition) is 0. The highest BCUT2D eigenvalue weighted by Gasteiger charge is 2.30. The van der Waals surface area contributed by atoms with Gasteiger partial charge in [0.15, 0.2) is 10.1 Å². The lowest BCUT2D eigenvalue weighted by atomic mass is 10.2. The summed E-state index contributed by atoms with van der Waals surface area (Å²) in [5.74, 6) is 0. The third-order valence-corrected chi connectivity index (χ3v) is 6.70. The first-order chi connectivity index (χ1) is 12.4. The SMILES string of the molecule is CS/C(=N\C#N)N(CC#N)c1cc(SC(C)(C)C)cc([S+]([O-])C(C)(C)C)c1. The molecule has 0 saturated heterocycles. The van der Waals surface area contributed by atoms with Gasteiger partial charge in [-0.25, -0.2) is 0 Å². The highest BCUT2D eigenvalue weighted by Crippen LogP contribution is 2.38. The summed E-state index contributed by atoms with van der Waals surface area (Å²) < 4.78 is 12.6. The Morgan fingerprint density at radius 3 is 2.26 bits per heavy atom. The van der Waals surface area contributed by atoms with Crippen molar-refractivity contribution in [2.75, 3.05) is 17.7 Å². The van der Waals surface area contributed by atoms with Crippen molar-refractivity contribution in [1.82, 2.24) is 0 Å². The van der Waals surface area contributed by atoms with Crippen LogP contribution in [-0.4, -0.2) is 32.0 Å². The van der Waals surface area contributed by atoms with Crippen LogP contribution in [0.1, 0.15) is 41.5 Å². The predicted octanol–water partition coefficient (Wildman–Crippen LogP) is 5.01. The molecule has 1 atom stereocenters. The molecule has 0 aliphatic heterocycles. The Kier molecular flexibility index (Phi) is 8.56. The minimum atomic E-state index is -1.22. The van der Waals surface area contributed by atoms with E-state index in [-0.39, 0.29) is 11.3 Å². The Hall–Kier alpha value is -1.32. The molecule has 0 aliphatic rings. The van der Waals surface area contributed by atoms with Crippen molar-refractivity contribution in [2.24, 2.45) is 4.99 Å². The van der Waals surface area contributed by atoms with Gasteiger partial charge in [0.1, 0.15) is 11.3 Å². The van der Waals surface area contributed by atoms with Crippen molar-refractivity contribution in [1.29, 1.82) is 10.5 Å². The minimum absolute atomic E-state index is 0.0255. The van der Waals surface area contributed by atoms with Crippen LogP contribution in [0.15, 0.2) is 33.0 Å². The summed E-state index contributed by atoms with van der Waals surface area (Å²) in [6, 6.07) is 7.86. The largest absolute Gasteiger partial charge is 0.611 e. The van der Waals surface area contributed by atoms with Crippen LogP contribution < -0.4 is 4.90 Å². The van der Waals surface area contributed by atoms with Gasteiger partial charge in [-0.15, -0.1) is 16.8 Å². The topological polar surface area (TPSA) is 86.2 Å². The number of thioether (sulfide) groups is 2. The van der Waals surface area contributed by atoms with Gasteiger partial charge in [-0.2, -0.15) is 10.5 Å². The standard InChI is InChI=1S/C19H26N4OS3/c1-18(2,3)26-15-10-14(11-16(12-15)27(24)19(4,5)6)23(9-8-20)17(25-7)22-13-21/h10-12H,9H2,1-7H3/b22-17-. The van der Waals surface area contributed by atoms with Crippen LogP contribution in [0.2, 0.25) is 0 Å². The molecular weight excluding hydrogens is 396 g/mol. The first kappa shape index (κ1) is 23.7. The van der Waals surface area contributed by atoms with Crippen LogP contribution in [-0.2, 0) is 11.2 Å². The van der Waals surface area contributed by atoms with E-state index < -0.39 is 15.9 Å². The third kappa shape index (κ3) is 7.31. The molecular formula is C19H26N4OS3. The normalized spacial score (nSPS) is 13.6. The summed E-state index contributed by atoms with van der Waals surface area (Å²) in [5, 5.41) is 18.7. The van der Waals surface area contributed by atoms with Crippen LogP contribution in [0, 0.1) is 22.8 Å². The highest BCUT2D eigenvalue weighted by atomic mass is 32.2. The molecule has 0 radical (unpaired) electrons. The van der Waals surface area contributed by atoms with E-state index >= 15 is 0 Å². The average molecular weight is 423 g/mol. The number of rotatable bonds is 4. The zero-order valence-corrected chi connectivity index (χ0v) is 19.3. The second kappa shape index (κ2) is 9.75. The van der Waals surface area contributed by atoms with Crippen molar-refractivity contribution in [3.63, 3.8) is 0 Å². The van der Waals surface area contributed by atoms with Gasteiger partial charge in [-0.1, -0.05) is 32.5 Å². The smallest absolute Gasteiger partial charge is 0.208 e. The molecule has 1 unspecified atom stereocenters. The Bertz CT molecular complexity index is 767. The van der Waals surface area contributed by atoms with E-state index in [1.165, 1.54) is 11.8 Å². The summed E-state index contributed by atoms with van der Waals surface area (Å²) in [6.07, 6.45) is 3.60. The monoisotopic (exact) mass is 422 g/mol. The second-order valence-electron chi connectivity index (χ2n) is 7.70. The summed E-state index contributed by atoms with van der Waals surface area (Å²) in [4.78, 5) is 7.19. The van der Waals surface area contributed by atoms with Gasteiger partial charge in [-0.3, -0.25) is 0 Å². The molecule has 0 aromatic heterocycles. The number of nitriles is 2. The van der Waals surface area contributed by atoms with Crippen molar-refractivity contribution in [3.05, 3.63) is 18.2 Å². The Morgan fingerprint density at radius 1 is 1.19 bits per heavy atom. The molecule has 0 saturated carbocycles. The molecule has 8 heteroatoms. The molecule has 1 rings (SSSR count). The minimum Gasteiger partial charge on any atom is -0.611 e. The molecule has 0 spiro atoms. The fraction of sp³-hybridized carbons (Fsp3) is 0.526. The highest BCUT2D eigenvalue weighted by molar-refractivity contribution is 8.13.